The number of hydrogen-bond acceptors (Lipinski definition) is 4. The zero-order chi connectivity index (χ0) is 24.4. The Labute approximate surface area is 201 Å². The summed E-state index contributed by atoms with van der Waals surface area (Å²) in [5.41, 5.74) is 3.59. The van der Waals surface area contributed by atoms with Crippen LogP contribution in [0.1, 0.15) is 15.9 Å². The maximum atomic E-state index is 13.2. The second-order valence-corrected chi connectivity index (χ2v) is 10.0. The molecule has 5 rings (SSSR count). The van der Waals surface area contributed by atoms with E-state index in [0.717, 1.165) is 5.56 Å². The predicted molar refractivity (Wildman–Crippen MR) is 133 cm³/mol. The summed E-state index contributed by atoms with van der Waals surface area (Å²) < 4.78 is 38.6. The van der Waals surface area contributed by atoms with E-state index in [4.69, 9.17) is 0 Å². The number of anilines is 1. The van der Waals surface area contributed by atoms with Gasteiger partial charge < -0.3 is 10.3 Å². The molecule has 0 fully saturated rings. The number of H-pyrrole nitrogens is 1. The van der Waals surface area contributed by atoms with Crippen LogP contribution >= 0.6 is 0 Å². The molecule has 0 radical (unpaired) electrons. The van der Waals surface area contributed by atoms with Crippen molar-refractivity contribution >= 4 is 32.5 Å². The molecule has 0 aliphatic carbocycles. The monoisotopic (exact) mass is 485 g/mol. The average molecular weight is 486 g/mol. The third kappa shape index (κ3) is 4.97. The molecule has 1 heterocycles. The summed E-state index contributed by atoms with van der Waals surface area (Å²) in [6.45, 7) is 0. The SMILES string of the molecule is O=C(Nc1ccc2nc(-c3ccc(F)cc3)[nH]c2c1)c1cccc(CS(=O)(=O)c2ccccc2)c1. The van der Waals surface area contributed by atoms with Gasteiger partial charge in [0.15, 0.2) is 9.84 Å². The number of carbonyl (C=O) groups excluding carboxylic acids is 1. The molecule has 0 unspecified atom stereocenters. The van der Waals surface area contributed by atoms with Crippen molar-refractivity contribution in [3.63, 3.8) is 0 Å². The fourth-order valence-corrected chi connectivity index (χ4v) is 5.12. The fraction of sp³-hybridized carbons (Fsp3) is 0.0370. The Morgan fingerprint density at radius 2 is 1.66 bits per heavy atom. The van der Waals surface area contributed by atoms with E-state index in [-0.39, 0.29) is 22.4 Å². The number of rotatable bonds is 6. The van der Waals surface area contributed by atoms with Gasteiger partial charge in [0.2, 0.25) is 0 Å². The largest absolute Gasteiger partial charge is 0.338 e. The minimum atomic E-state index is -3.53. The summed E-state index contributed by atoms with van der Waals surface area (Å²) in [4.78, 5) is 20.8. The Morgan fingerprint density at radius 3 is 2.43 bits per heavy atom. The van der Waals surface area contributed by atoms with Crippen molar-refractivity contribution in [2.45, 2.75) is 10.6 Å². The lowest BCUT2D eigenvalue weighted by molar-refractivity contribution is 0.102. The number of benzene rings is 4. The van der Waals surface area contributed by atoms with Crippen molar-refractivity contribution in [3.8, 4) is 11.4 Å². The Kier molecular flexibility index (Phi) is 5.88. The summed E-state index contributed by atoms with van der Waals surface area (Å²) in [6.07, 6.45) is 0. The number of aromatic amines is 1. The van der Waals surface area contributed by atoms with Gasteiger partial charge in [0.1, 0.15) is 11.6 Å². The number of fused-ring (bicyclic) bond motifs is 1. The summed E-state index contributed by atoms with van der Waals surface area (Å²) in [5, 5.41) is 2.84. The van der Waals surface area contributed by atoms with Gasteiger partial charge in [0, 0.05) is 16.8 Å². The van der Waals surface area contributed by atoms with Crippen molar-refractivity contribution < 1.29 is 17.6 Å². The Balaban J connectivity index is 1.34. The third-order valence-corrected chi connectivity index (χ3v) is 7.21. The molecule has 0 aliphatic rings. The molecule has 35 heavy (non-hydrogen) atoms. The maximum absolute atomic E-state index is 13.2. The zero-order valence-corrected chi connectivity index (χ0v) is 19.2. The Bertz CT molecular complexity index is 1630. The molecule has 8 heteroatoms. The maximum Gasteiger partial charge on any atom is 0.255 e. The minimum absolute atomic E-state index is 0.204. The second-order valence-electron chi connectivity index (χ2n) is 8.05. The highest BCUT2D eigenvalue weighted by molar-refractivity contribution is 7.90. The van der Waals surface area contributed by atoms with Crippen molar-refractivity contribution in [2.75, 3.05) is 5.32 Å². The lowest BCUT2D eigenvalue weighted by Gasteiger charge is -2.08. The van der Waals surface area contributed by atoms with Gasteiger partial charge in [-0.15, -0.1) is 0 Å². The first-order valence-electron chi connectivity index (χ1n) is 10.8. The van der Waals surface area contributed by atoms with E-state index in [2.05, 4.69) is 15.3 Å². The molecule has 0 bridgehead atoms. The molecule has 0 aliphatic heterocycles. The Morgan fingerprint density at radius 1 is 0.886 bits per heavy atom. The van der Waals surface area contributed by atoms with Gasteiger partial charge in [-0.2, -0.15) is 0 Å². The summed E-state index contributed by atoms with van der Waals surface area (Å²) >= 11 is 0. The highest BCUT2D eigenvalue weighted by atomic mass is 32.2. The highest BCUT2D eigenvalue weighted by Gasteiger charge is 2.16. The molecule has 4 aromatic carbocycles. The Hall–Kier alpha value is -4.30. The lowest BCUT2D eigenvalue weighted by atomic mass is 10.1. The normalized spacial score (nSPS) is 11.5. The van der Waals surface area contributed by atoms with Crippen LogP contribution in [0.4, 0.5) is 10.1 Å². The first kappa shape index (κ1) is 22.5. The van der Waals surface area contributed by atoms with Crippen LogP contribution < -0.4 is 5.32 Å². The smallest absolute Gasteiger partial charge is 0.255 e. The van der Waals surface area contributed by atoms with Crippen molar-refractivity contribution in [1.29, 1.82) is 0 Å². The van der Waals surface area contributed by atoms with E-state index in [1.807, 2.05) is 0 Å². The van der Waals surface area contributed by atoms with Crippen LogP contribution in [0.5, 0.6) is 0 Å². The van der Waals surface area contributed by atoms with E-state index < -0.39 is 9.84 Å². The quantitative estimate of drug-likeness (QED) is 0.328. The number of sulfone groups is 1. The number of nitrogens with zero attached hydrogens (tertiary/aromatic N) is 1. The molecular weight excluding hydrogens is 465 g/mol. The topological polar surface area (TPSA) is 91.9 Å². The molecule has 1 amide bonds. The van der Waals surface area contributed by atoms with Gasteiger partial charge in [0.05, 0.1) is 21.7 Å². The molecule has 5 aromatic rings. The molecule has 0 atom stereocenters. The average Bonchev–Trinajstić information content (AvgIpc) is 3.28. The molecule has 0 saturated heterocycles. The molecule has 0 spiro atoms. The number of aromatic nitrogens is 2. The standard InChI is InChI=1S/C27H20FN3O3S/c28-21-11-9-19(10-12-21)26-30-24-14-13-22(16-25(24)31-26)29-27(32)20-6-4-5-18(15-20)17-35(33,34)23-7-2-1-3-8-23/h1-16H,17H2,(H,29,32)(H,30,31). The van der Waals surface area contributed by atoms with Crippen LogP contribution in [0, 0.1) is 5.82 Å². The second kappa shape index (κ2) is 9.15. The van der Waals surface area contributed by atoms with Crippen molar-refractivity contribution in [2.24, 2.45) is 0 Å². The summed E-state index contributed by atoms with van der Waals surface area (Å²) in [6, 6.07) is 26.1. The van der Waals surface area contributed by atoms with Gasteiger partial charge in [-0.05, 0) is 72.3 Å². The van der Waals surface area contributed by atoms with Crippen molar-refractivity contribution in [1.82, 2.24) is 9.97 Å². The zero-order valence-electron chi connectivity index (χ0n) is 18.4. The summed E-state index contributed by atoms with van der Waals surface area (Å²) in [5.74, 6) is -0.293. The van der Waals surface area contributed by atoms with E-state index in [1.54, 1.807) is 84.9 Å². The molecule has 0 saturated carbocycles. The number of imidazole rings is 1. The van der Waals surface area contributed by atoms with Gasteiger partial charge in [0.25, 0.3) is 5.91 Å². The fourth-order valence-electron chi connectivity index (χ4n) is 3.77. The van der Waals surface area contributed by atoms with Crippen LogP contribution in [0.25, 0.3) is 22.4 Å². The molecular formula is C27H20FN3O3S. The van der Waals surface area contributed by atoms with E-state index in [0.29, 0.717) is 33.7 Å². The van der Waals surface area contributed by atoms with E-state index in [9.17, 15) is 17.6 Å². The van der Waals surface area contributed by atoms with E-state index >= 15 is 0 Å². The highest BCUT2D eigenvalue weighted by Crippen LogP contribution is 2.24. The molecule has 6 nitrogen and oxygen atoms in total. The first-order valence-corrected chi connectivity index (χ1v) is 12.5. The van der Waals surface area contributed by atoms with Gasteiger partial charge in [-0.25, -0.2) is 17.8 Å². The van der Waals surface area contributed by atoms with Gasteiger partial charge in [-0.3, -0.25) is 4.79 Å². The van der Waals surface area contributed by atoms with Gasteiger partial charge >= 0.3 is 0 Å². The van der Waals surface area contributed by atoms with Gasteiger partial charge in [-0.1, -0.05) is 30.3 Å². The van der Waals surface area contributed by atoms with Crippen molar-refractivity contribution in [3.05, 3.63) is 114 Å². The van der Waals surface area contributed by atoms with Crippen LogP contribution in [-0.2, 0) is 15.6 Å². The number of amides is 1. The third-order valence-electron chi connectivity index (χ3n) is 5.51. The van der Waals surface area contributed by atoms with E-state index in [1.165, 1.54) is 12.1 Å². The minimum Gasteiger partial charge on any atom is -0.338 e. The molecule has 1 aromatic heterocycles. The predicted octanol–water partition coefficient (Wildman–Crippen LogP) is 5.60. The molecule has 174 valence electrons. The van der Waals surface area contributed by atoms with Crippen LogP contribution in [-0.4, -0.2) is 24.3 Å². The molecule has 2 N–H and O–H groups in total. The van der Waals surface area contributed by atoms with Crippen LogP contribution in [0.3, 0.4) is 0 Å². The number of halogens is 1. The van der Waals surface area contributed by atoms with Crippen LogP contribution in [0.15, 0.2) is 102 Å². The summed E-state index contributed by atoms with van der Waals surface area (Å²) in [7, 11) is -3.53. The lowest BCUT2D eigenvalue weighted by Crippen LogP contribution is -2.13. The number of nitrogens with one attached hydrogen (secondary N) is 2. The number of hydrogen-bond donors (Lipinski definition) is 2. The van der Waals surface area contributed by atoms with Crippen LogP contribution in [0.2, 0.25) is 0 Å². The first-order chi connectivity index (χ1) is 16.9. The number of carbonyl (C=O) groups is 1.